The fourth-order valence-electron chi connectivity index (χ4n) is 3.46. The van der Waals surface area contributed by atoms with Crippen molar-refractivity contribution in [2.75, 3.05) is 33.4 Å². The van der Waals surface area contributed by atoms with Crippen LogP contribution in [0.4, 0.5) is 0 Å². The van der Waals surface area contributed by atoms with Gasteiger partial charge in [0.2, 0.25) is 5.91 Å². The molecule has 6 nitrogen and oxygen atoms in total. The van der Waals surface area contributed by atoms with Crippen molar-refractivity contribution in [1.82, 2.24) is 10.2 Å². The van der Waals surface area contributed by atoms with Crippen LogP contribution >= 0.6 is 0 Å². The van der Waals surface area contributed by atoms with E-state index >= 15 is 0 Å². The number of hydrogen-bond donors (Lipinski definition) is 1. The number of nitrogens with one attached hydrogen (secondary N) is 1. The van der Waals surface area contributed by atoms with Gasteiger partial charge in [-0.05, 0) is 18.9 Å². The number of furan rings is 1. The van der Waals surface area contributed by atoms with Crippen LogP contribution in [-0.4, -0.2) is 56.4 Å². The molecule has 6 heteroatoms. The molecule has 1 aromatic rings. The predicted octanol–water partition coefficient (Wildman–Crippen LogP) is 1.02. The van der Waals surface area contributed by atoms with E-state index in [1.54, 1.807) is 19.6 Å². The van der Waals surface area contributed by atoms with E-state index in [0.717, 1.165) is 38.1 Å². The second-order valence-corrected chi connectivity index (χ2v) is 6.04. The van der Waals surface area contributed by atoms with E-state index in [4.69, 9.17) is 13.9 Å². The molecule has 1 N–H and O–H groups in total. The van der Waals surface area contributed by atoms with Gasteiger partial charge in [0.05, 0.1) is 31.2 Å². The highest BCUT2D eigenvalue weighted by Gasteiger charge is 2.42. The van der Waals surface area contributed by atoms with Crippen LogP contribution in [0.25, 0.3) is 0 Å². The minimum absolute atomic E-state index is 0.0249. The number of likely N-dealkylation sites (tertiary alicyclic amines) is 1. The summed E-state index contributed by atoms with van der Waals surface area (Å²) in [4.78, 5) is 14.7. The smallest absolute Gasteiger partial charge is 0.224 e. The molecule has 2 saturated heterocycles. The van der Waals surface area contributed by atoms with Gasteiger partial charge in [0.1, 0.15) is 0 Å². The highest BCUT2D eigenvalue weighted by atomic mass is 16.5. The van der Waals surface area contributed by atoms with Crippen molar-refractivity contribution in [3.63, 3.8) is 0 Å². The van der Waals surface area contributed by atoms with Crippen molar-refractivity contribution < 1.29 is 18.7 Å². The molecule has 0 radical (unpaired) electrons. The van der Waals surface area contributed by atoms with E-state index in [2.05, 4.69) is 10.2 Å². The minimum Gasteiger partial charge on any atom is -0.472 e. The normalized spacial score (nSPS) is 28.5. The quantitative estimate of drug-likeness (QED) is 0.795. The largest absolute Gasteiger partial charge is 0.472 e. The number of fused-ring (bicyclic) bond motifs is 1. The third kappa shape index (κ3) is 3.51. The third-order valence-electron chi connectivity index (χ3n) is 4.56. The van der Waals surface area contributed by atoms with Crippen LogP contribution in [0.2, 0.25) is 0 Å². The number of carbonyl (C=O) groups excluding carboxylic acids is 1. The molecule has 0 spiro atoms. The molecule has 3 atom stereocenters. The van der Waals surface area contributed by atoms with Gasteiger partial charge < -0.3 is 19.2 Å². The van der Waals surface area contributed by atoms with E-state index < -0.39 is 0 Å². The Kier molecular flexibility index (Phi) is 5.12. The summed E-state index contributed by atoms with van der Waals surface area (Å²) in [6, 6.07) is 2.39. The fraction of sp³-hybridized carbons (Fsp3) is 0.688. The molecule has 0 aromatic carbocycles. The Morgan fingerprint density at radius 2 is 2.45 bits per heavy atom. The van der Waals surface area contributed by atoms with Gasteiger partial charge in [-0.1, -0.05) is 0 Å². The second-order valence-electron chi connectivity index (χ2n) is 6.04. The zero-order chi connectivity index (χ0) is 15.4. The summed E-state index contributed by atoms with van der Waals surface area (Å²) in [6.45, 7) is 3.47. The number of rotatable bonds is 6. The van der Waals surface area contributed by atoms with Crippen LogP contribution in [0.5, 0.6) is 0 Å². The van der Waals surface area contributed by atoms with Crippen LogP contribution in [0.1, 0.15) is 18.4 Å². The maximum atomic E-state index is 12.3. The maximum Gasteiger partial charge on any atom is 0.224 e. The summed E-state index contributed by atoms with van der Waals surface area (Å²) in [6.07, 6.45) is 5.48. The first-order chi connectivity index (χ1) is 10.8. The van der Waals surface area contributed by atoms with Crippen molar-refractivity contribution in [1.29, 1.82) is 0 Å². The van der Waals surface area contributed by atoms with Gasteiger partial charge in [0, 0.05) is 45.0 Å². The van der Waals surface area contributed by atoms with Crippen molar-refractivity contribution in [2.24, 2.45) is 5.92 Å². The van der Waals surface area contributed by atoms with E-state index in [1.807, 2.05) is 6.07 Å². The first kappa shape index (κ1) is 15.5. The second kappa shape index (κ2) is 7.26. The SMILES string of the molecule is COCCNC(=O)[C@@H]1C[C@@H]2OCC[C@@H]2N(Cc2ccoc2)C1. The molecule has 0 saturated carbocycles. The van der Waals surface area contributed by atoms with Gasteiger partial charge in [-0.15, -0.1) is 0 Å². The highest BCUT2D eigenvalue weighted by Crippen LogP contribution is 2.32. The minimum atomic E-state index is -0.0249. The standard InChI is InChI=1S/C16H24N2O4/c1-20-7-4-17-16(19)13-8-15-14(3-6-22-15)18(10-13)9-12-2-5-21-11-12/h2,5,11,13-15H,3-4,6-10H2,1H3,(H,17,19)/t13-,14+,15+/m1/s1. The molecule has 3 rings (SSSR count). The molecule has 2 fully saturated rings. The lowest BCUT2D eigenvalue weighted by atomic mass is 9.89. The molecular formula is C16H24N2O4. The third-order valence-corrected chi connectivity index (χ3v) is 4.56. The molecule has 122 valence electrons. The molecule has 22 heavy (non-hydrogen) atoms. The summed E-state index contributed by atoms with van der Waals surface area (Å²) in [5, 5.41) is 2.95. The van der Waals surface area contributed by atoms with Crippen LogP contribution in [0, 0.1) is 5.92 Å². The van der Waals surface area contributed by atoms with Gasteiger partial charge in [0.25, 0.3) is 0 Å². The summed E-state index contributed by atoms with van der Waals surface area (Å²) in [7, 11) is 1.64. The van der Waals surface area contributed by atoms with E-state index in [-0.39, 0.29) is 17.9 Å². The van der Waals surface area contributed by atoms with Gasteiger partial charge in [0.15, 0.2) is 0 Å². The van der Waals surface area contributed by atoms with Crippen molar-refractivity contribution in [2.45, 2.75) is 31.5 Å². The zero-order valence-electron chi connectivity index (χ0n) is 13.0. The van der Waals surface area contributed by atoms with Gasteiger partial charge >= 0.3 is 0 Å². The Hall–Kier alpha value is -1.37. The van der Waals surface area contributed by atoms with E-state index in [9.17, 15) is 4.79 Å². The predicted molar refractivity (Wildman–Crippen MR) is 80.3 cm³/mol. The van der Waals surface area contributed by atoms with Crippen molar-refractivity contribution >= 4 is 5.91 Å². The molecule has 0 bridgehead atoms. The average Bonchev–Trinajstić information content (AvgIpc) is 3.18. The molecule has 1 amide bonds. The summed E-state index contributed by atoms with van der Waals surface area (Å²) >= 11 is 0. The van der Waals surface area contributed by atoms with E-state index in [0.29, 0.717) is 19.2 Å². The fourth-order valence-corrected chi connectivity index (χ4v) is 3.46. The number of methoxy groups -OCH3 is 1. The van der Waals surface area contributed by atoms with Gasteiger partial charge in [-0.3, -0.25) is 9.69 Å². The summed E-state index contributed by atoms with van der Waals surface area (Å²) in [5.74, 6) is 0.0753. The lowest BCUT2D eigenvalue weighted by Crippen LogP contribution is -2.52. The summed E-state index contributed by atoms with van der Waals surface area (Å²) < 4.78 is 16.0. The van der Waals surface area contributed by atoms with Crippen LogP contribution in [0.15, 0.2) is 23.0 Å². The van der Waals surface area contributed by atoms with E-state index in [1.165, 1.54) is 0 Å². The lowest BCUT2D eigenvalue weighted by Gasteiger charge is -2.40. The zero-order valence-corrected chi connectivity index (χ0v) is 13.0. The summed E-state index contributed by atoms with van der Waals surface area (Å²) in [5.41, 5.74) is 1.14. The van der Waals surface area contributed by atoms with Crippen LogP contribution < -0.4 is 5.32 Å². The number of hydrogen-bond acceptors (Lipinski definition) is 5. The Balaban J connectivity index is 1.62. The molecule has 0 unspecified atom stereocenters. The Morgan fingerprint density at radius 1 is 1.55 bits per heavy atom. The molecule has 2 aliphatic heterocycles. The lowest BCUT2D eigenvalue weighted by molar-refractivity contribution is -0.130. The van der Waals surface area contributed by atoms with Crippen LogP contribution in [-0.2, 0) is 20.8 Å². The van der Waals surface area contributed by atoms with Crippen molar-refractivity contribution in [3.05, 3.63) is 24.2 Å². The Labute approximate surface area is 130 Å². The molecule has 1 aromatic heterocycles. The van der Waals surface area contributed by atoms with Crippen molar-refractivity contribution in [3.8, 4) is 0 Å². The Bertz CT molecular complexity index is 477. The number of nitrogens with zero attached hydrogens (tertiary/aromatic N) is 1. The average molecular weight is 308 g/mol. The molecule has 2 aliphatic rings. The number of amides is 1. The first-order valence-corrected chi connectivity index (χ1v) is 7.91. The number of piperidine rings is 1. The first-order valence-electron chi connectivity index (χ1n) is 7.91. The monoisotopic (exact) mass is 308 g/mol. The van der Waals surface area contributed by atoms with Crippen LogP contribution in [0.3, 0.4) is 0 Å². The van der Waals surface area contributed by atoms with Gasteiger partial charge in [-0.25, -0.2) is 0 Å². The molecule has 3 heterocycles. The molecule has 0 aliphatic carbocycles. The Morgan fingerprint density at radius 3 is 3.23 bits per heavy atom. The number of ether oxygens (including phenoxy) is 2. The number of carbonyl (C=O) groups is 1. The topological polar surface area (TPSA) is 63.9 Å². The van der Waals surface area contributed by atoms with Gasteiger partial charge in [-0.2, -0.15) is 0 Å². The molecular weight excluding hydrogens is 284 g/mol. The highest BCUT2D eigenvalue weighted by molar-refractivity contribution is 5.79. The maximum absolute atomic E-state index is 12.3.